The SMILES string of the molecule is CCCCN(CCCC[N+](C)(C)C)C(=O)CN1C[C@H](c2ccc3c(c2)CCO3)C(C(=O)O)[C@@H]1CCc1cccn1C. The Morgan fingerprint density at radius 1 is 1.12 bits per heavy atom. The Labute approximate surface area is 246 Å². The third-order valence-corrected chi connectivity index (χ3v) is 8.90. The Kier molecular flexibility index (Phi) is 10.5. The first-order valence-electron chi connectivity index (χ1n) is 15.5. The molecular formula is C33H51N4O4+. The molecule has 8 nitrogen and oxygen atoms in total. The number of aliphatic carboxylic acids is 1. The second-order valence-electron chi connectivity index (χ2n) is 13.0. The number of hydrogen-bond donors (Lipinski definition) is 1. The summed E-state index contributed by atoms with van der Waals surface area (Å²) in [6, 6.07) is 10.1. The molecule has 226 valence electrons. The fourth-order valence-corrected chi connectivity index (χ4v) is 6.55. The van der Waals surface area contributed by atoms with Gasteiger partial charge in [0.2, 0.25) is 5.91 Å². The van der Waals surface area contributed by atoms with E-state index in [1.54, 1.807) is 0 Å². The van der Waals surface area contributed by atoms with Gasteiger partial charge < -0.3 is 23.8 Å². The van der Waals surface area contributed by atoms with Crippen molar-refractivity contribution in [3.63, 3.8) is 0 Å². The molecule has 1 N–H and O–H groups in total. The lowest BCUT2D eigenvalue weighted by Crippen LogP contribution is -2.45. The molecule has 1 fully saturated rings. The highest BCUT2D eigenvalue weighted by Crippen LogP contribution is 2.41. The third-order valence-electron chi connectivity index (χ3n) is 8.90. The normalized spacial score (nSPS) is 20.7. The average Bonchev–Trinajstić information content (AvgIpc) is 3.64. The number of hydrogen-bond acceptors (Lipinski definition) is 4. The quantitative estimate of drug-likeness (QED) is 0.258. The second kappa shape index (κ2) is 13.9. The molecule has 1 unspecified atom stereocenters. The maximum absolute atomic E-state index is 13.8. The van der Waals surface area contributed by atoms with Crippen LogP contribution in [-0.2, 0) is 29.5 Å². The molecule has 41 heavy (non-hydrogen) atoms. The zero-order valence-corrected chi connectivity index (χ0v) is 25.8. The number of ether oxygens (including phenoxy) is 1. The molecule has 1 aromatic carbocycles. The average molecular weight is 568 g/mol. The third kappa shape index (κ3) is 8.13. The minimum absolute atomic E-state index is 0.125. The van der Waals surface area contributed by atoms with Crippen LogP contribution in [0.1, 0.15) is 61.8 Å². The van der Waals surface area contributed by atoms with E-state index in [0.717, 1.165) is 79.5 Å². The van der Waals surface area contributed by atoms with Gasteiger partial charge in [-0.1, -0.05) is 25.5 Å². The number of carboxylic acids is 1. The van der Waals surface area contributed by atoms with E-state index in [4.69, 9.17) is 4.74 Å². The van der Waals surface area contributed by atoms with Gasteiger partial charge in [0, 0.05) is 57.0 Å². The predicted molar refractivity (Wildman–Crippen MR) is 162 cm³/mol. The van der Waals surface area contributed by atoms with Crippen LogP contribution in [0.2, 0.25) is 0 Å². The van der Waals surface area contributed by atoms with Crippen LogP contribution in [0.4, 0.5) is 0 Å². The summed E-state index contributed by atoms with van der Waals surface area (Å²) in [6.45, 7) is 6.28. The standard InChI is InChI=1S/C33H50N4O4/c1-6-7-18-35(19-8-9-20-37(3,4)5)31(38)24-36-23-28(25-12-15-30-26(22-25)16-21-41-30)32(33(39)40)29(36)14-13-27-11-10-17-34(27)2/h10-12,15,17,22,28-29,32H,6-9,13-14,16,18-21,23-24H2,1-5H3/p+1/t28-,29+,32?/m1/s1. The molecule has 0 saturated carbocycles. The number of amides is 1. The van der Waals surface area contributed by atoms with Crippen molar-refractivity contribution < 1.29 is 23.9 Å². The Hall–Kier alpha value is -2.84. The van der Waals surface area contributed by atoms with Gasteiger partial charge in [-0.05, 0) is 61.4 Å². The van der Waals surface area contributed by atoms with E-state index in [1.165, 1.54) is 5.69 Å². The highest BCUT2D eigenvalue weighted by atomic mass is 16.5. The summed E-state index contributed by atoms with van der Waals surface area (Å²) >= 11 is 0. The van der Waals surface area contributed by atoms with Crippen molar-refractivity contribution in [1.82, 2.24) is 14.4 Å². The lowest BCUT2D eigenvalue weighted by molar-refractivity contribution is -0.870. The van der Waals surface area contributed by atoms with Crippen LogP contribution in [0.25, 0.3) is 0 Å². The zero-order valence-electron chi connectivity index (χ0n) is 25.8. The molecule has 1 saturated heterocycles. The fraction of sp³-hybridized carbons (Fsp3) is 0.636. The molecule has 1 amide bonds. The van der Waals surface area contributed by atoms with E-state index in [0.29, 0.717) is 19.6 Å². The molecule has 2 aliphatic heterocycles. The summed E-state index contributed by atoms with van der Waals surface area (Å²) < 4.78 is 8.73. The monoisotopic (exact) mass is 567 g/mol. The summed E-state index contributed by atoms with van der Waals surface area (Å²) in [5.74, 6) is -0.487. The number of nitrogens with zero attached hydrogens (tertiary/aromatic N) is 4. The Morgan fingerprint density at radius 2 is 1.90 bits per heavy atom. The number of rotatable bonds is 15. The molecular weight excluding hydrogens is 516 g/mol. The molecule has 3 heterocycles. The van der Waals surface area contributed by atoms with Crippen LogP contribution in [0.15, 0.2) is 36.5 Å². The van der Waals surface area contributed by atoms with E-state index >= 15 is 0 Å². The molecule has 2 aromatic rings. The molecule has 0 aliphatic carbocycles. The first-order chi connectivity index (χ1) is 19.6. The van der Waals surface area contributed by atoms with E-state index in [-0.39, 0.29) is 24.4 Å². The summed E-state index contributed by atoms with van der Waals surface area (Å²) in [5.41, 5.74) is 3.38. The predicted octanol–water partition coefficient (Wildman–Crippen LogP) is 4.18. The number of likely N-dealkylation sites (tertiary alicyclic amines) is 1. The van der Waals surface area contributed by atoms with E-state index < -0.39 is 11.9 Å². The van der Waals surface area contributed by atoms with Gasteiger partial charge in [0.05, 0.1) is 46.8 Å². The maximum Gasteiger partial charge on any atom is 0.308 e. The lowest BCUT2D eigenvalue weighted by atomic mass is 9.83. The molecule has 3 atom stereocenters. The Morgan fingerprint density at radius 3 is 2.59 bits per heavy atom. The first-order valence-corrected chi connectivity index (χ1v) is 15.5. The van der Waals surface area contributed by atoms with Crippen molar-refractivity contribution in [1.29, 1.82) is 0 Å². The number of quaternary nitrogens is 1. The number of unbranched alkanes of at least 4 members (excludes halogenated alkanes) is 2. The zero-order chi connectivity index (χ0) is 29.6. The molecule has 1 aromatic heterocycles. The minimum atomic E-state index is -0.776. The van der Waals surface area contributed by atoms with Gasteiger partial charge in [-0.2, -0.15) is 0 Å². The van der Waals surface area contributed by atoms with Crippen LogP contribution < -0.4 is 4.74 Å². The summed E-state index contributed by atoms with van der Waals surface area (Å²) in [6.07, 6.45) is 8.44. The van der Waals surface area contributed by atoms with Gasteiger partial charge in [0.15, 0.2) is 0 Å². The van der Waals surface area contributed by atoms with Gasteiger partial charge in [-0.3, -0.25) is 14.5 Å². The van der Waals surface area contributed by atoms with E-state index in [1.807, 2.05) is 36.3 Å². The number of carbonyl (C=O) groups is 2. The van der Waals surface area contributed by atoms with Crippen molar-refractivity contribution in [3.8, 4) is 5.75 Å². The summed E-state index contributed by atoms with van der Waals surface area (Å²) in [7, 11) is 8.63. The Bertz CT molecular complexity index is 1170. The van der Waals surface area contributed by atoms with Crippen LogP contribution in [0.3, 0.4) is 0 Å². The van der Waals surface area contributed by atoms with Crippen LogP contribution in [0, 0.1) is 5.92 Å². The highest BCUT2D eigenvalue weighted by molar-refractivity contribution is 5.79. The van der Waals surface area contributed by atoms with Crippen LogP contribution >= 0.6 is 0 Å². The van der Waals surface area contributed by atoms with Crippen LogP contribution in [-0.4, -0.2) is 102 Å². The minimum Gasteiger partial charge on any atom is -0.493 e. The molecule has 0 spiro atoms. The number of aryl methyl sites for hydroxylation is 2. The van der Waals surface area contributed by atoms with Gasteiger partial charge in [0.1, 0.15) is 5.75 Å². The van der Waals surface area contributed by atoms with Gasteiger partial charge in [0.25, 0.3) is 0 Å². The van der Waals surface area contributed by atoms with E-state index in [2.05, 4.69) is 49.7 Å². The van der Waals surface area contributed by atoms with Gasteiger partial charge >= 0.3 is 5.97 Å². The van der Waals surface area contributed by atoms with Crippen molar-refractivity contribution in [2.24, 2.45) is 13.0 Å². The number of fused-ring (bicyclic) bond motifs is 1. The first kappa shape index (κ1) is 31.1. The van der Waals surface area contributed by atoms with E-state index in [9.17, 15) is 14.7 Å². The highest BCUT2D eigenvalue weighted by Gasteiger charge is 2.47. The molecule has 2 aliphatic rings. The largest absolute Gasteiger partial charge is 0.493 e. The smallest absolute Gasteiger partial charge is 0.308 e. The van der Waals surface area contributed by atoms with Crippen molar-refractivity contribution in [2.75, 3.05) is 60.5 Å². The number of benzene rings is 1. The molecule has 0 bridgehead atoms. The maximum atomic E-state index is 13.8. The van der Waals surface area contributed by atoms with Gasteiger partial charge in [-0.25, -0.2) is 0 Å². The van der Waals surface area contributed by atoms with Crippen molar-refractivity contribution in [2.45, 2.75) is 63.8 Å². The van der Waals surface area contributed by atoms with Crippen LogP contribution in [0.5, 0.6) is 5.75 Å². The molecule has 4 rings (SSSR count). The number of aromatic nitrogens is 1. The van der Waals surface area contributed by atoms with Crippen molar-refractivity contribution >= 4 is 11.9 Å². The molecule has 8 heteroatoms. The molecule has 0 radical (unpaired) electrons. The number of carbonyl (C=O) groups excluding carboxylic acids is 1. The lowest BCUT2D eigenvalue weighted by Gasteiger charge is -2.30. The summed E-state index contributed by atoms with van der Waals surface area (Å²) in [4.78, 5) is 30.9. The topological polar surface area (TPSA) is 75.0 Å². The van der Waals surface area contributed by atoms with Crippen molar-refractivity contribution in [3.05, 3.63) is 53.3 Å². The van der Waals surface area contributed by atoms with Gasteiger partial charge in [-0.15, -0.1) is 0 Å². The fourth-order valence-electron chi connectivity index (χ4n) is 6.55. The Balaban J connectivity index is 1.54. The second-order valence-corrected chi connectivity index (χ2v) is 13.0. The summed E-state index contributed by atoms with van der Waals surface area (Å²) in [5, 5.41) is 10.6. The number of carboxylic acid groups (broad SMARTS) is 1.